The zero-order valence-electron chi connectivity index (χ0n) is 30.9. The van der Waals surface area contributed by atoms with Gasteiger partial charge in [-0.15, -0.1) is 0 Å². The van der Waals surface area contributed by atoms with Gasteiger partial charge < -0.3 is 24.8 Å². The molecule has 1 atom stereocenters. The van der Waals surface area contributed by atoms with Crippen LogP contribution in [0.4, 0.5) is 10.6 Å². The van der Waals surface area contributed by atoms with Gasteiger partial charge in [0.1, 0.15) is 23.7 Å². The Balaban J connectivity index is 1.38. The van der Waals surface area contributed by atoms with E-state index in [1.807, 2.05) is 75.4 Å². The summed E-state index contributed by atoms with van der Waals surface area (Å²) in [6.45, 7) is 11.3. The van der Waals surface area contributed by atoms with Crippen LogP contribution in [0.25, 0.3) is 5.69 Å². The maximum Gasteiger partial charge on any atom is 0.416 e. The number of carbonyl (C=O) groups excluding carboxylic acids is 4. The number of hydrogen-bond acceptors (Lipinski definition) is 9. The molecule has 13 nitrogen and oxygen atoms in total. The highest BCUT2D eigenvalue weighted by molar-refractivity contribution is 5.87. The van der Waals surface area contributed by atoms with Gasteiger partial charge in [0.25, 0.3) is 0 Å². The zero-order chi connectivity index (χ0) is 37.8. The Labute approximate surface area is 304 Å². The minimum Gasteiger partial charge on any atom is -0.485 e. The number of methoxy groups -OCH3 is 1. The molecule has 0 spiro atoms. The predicted molar refractivity (Wildman–Crippen MR) is 196 cm³/mol. The number of ether oxygens (including phenoxy) is 3. The zero-order valence-corrected chi connectivity index (χ0v) is 30.9. The fourth-order valence-corrected chi connectivity index (χ4v) is 5.39. The molecule has 2 aromatic heterocycles. The second kappa shape index (κ2) is 18.0. The molecule has 0 saturated carbocycles. The van der Waals surface area contributed by atoms with Gasteiger partial charge in [0.2, 0.25) is 11.8 Å². The average Bonchev–Trinajstić information content (AvgIpc) is 3.39. The highest BCUT2D eigenvalue weighted by Crippen LogP contribution is 2.28. The van der Waals surface area contributed by atoms with Crippen molar-refractivity contribution < 1.29 is 33.4 Å². The number of amides is 3. The minimum atomic E-state index is -0.744. The third-order valence-corrected chi connectivity index (χ3v) is 7.92. The monoisotopic (exact) mass is 712 g/mol. The van der Waals surface area contributed by atoms with Gasteiger partial charge in [-0.2, -0.15) is 5.10 Å². The molecular formula is C39H48N6O7. The number of hydrogen-bond donors (Lipinski definition) is 2. The third kappa shape index (κ3) is 11.4. The number of rotatable bonds is 15. The molecule has 0 radical (unpaired) electrons. The fraction of sp³-hybridized carbons (Fsp3) is 0.385. The third-order valence-electron chi connectivity index (χ3n) is 7.92. The van der Waals surface area contributed by atoms with E-state index in [2.05, 4.69) is 15.6 Å². The van der Waals surface area contributed by atoms with Gasteiger partial charge in [0.05, 0.1) is 37.5 Å². The lowest BCUT2D eigenvalue weighted by molar-refractivity contribution is -0.141. The van der Waals surface area contributed by atoms with Gasteiger partial charge in [-0.1, -0.05) is 42.5 Å². The SMILES string of the molecule is COC(=O)C[C@H](NC(=O)CNC(=O)CCCN(C(=O)OC(C)(C)C)c1cc(C)ccn1)c1cccc(-n2nc(C)c(OCc3ccccc3)c2C)c1. The molecule has 2 heterocycles. The molecule has 0 aliphatic heterocycles. The number of benzene rings is 2. The molecule has 0 aliphatic rings. The van der Waals surface area contributed by atoms with Crippen LogP contribution in [0.5, 0.6) is 5.75 Å². The van der Waals surface area contributed by atoms with Crippen LogP contribution in [0, 0.1) is 20.8 Å². The summed E-state index contributed by atoms with van der Waals surface area (Å²) >= 11 is 0. The Hall–Kier alpha value is -5.72. The van der Waals surface area contributed by atoms with E-state index in [4.69, 9.17) is 19.3 Å². The van der Waals surface area contributed by atoms with Crippen LogP contribution < -0.4 is 20.3 Å². The van der Waals surface area contributed by atoms with Crippen LogP contribution in [-0.4, -0.2) is 64.4 Å². The molecule has 0 aliphatic carbocycles. The van der Waals surface area contributed by atoms with Gasteiger partial charge in [0, 0.05) is 19.2 Å². The van der Waals surface area contributed by atoms with Crippen molar-refractivity contribution in [2.45, 2.75) is 79.1 Å². The molecular weight excluding hydrogens is 664 g/mol. The highest BCUT2D eigenvalue weighted by atomic mass is 16.6. The topological polar surface area (TPSA) is 154 Å². The summed E-state index contributed by atoms with van der Waals surface area (Å²) in [6, 6.07) is 20.0. The molecule has 2 aromatic carbocycles. The number of pyridine rings is 1. The summed E-state index contributed by atoms with van der Waals surface area (Å²) in [5, 5.41) is 10.2. The van der Waals surface area contributed by atoms with Crippen LogP contribution in [0.1, 0.15) is 74.2 Å². The fourth-order valence-electron chi connectivity index (χ4n) is 5.39. The molecule has 2 N–H and O–H groups in total. The molecule has 13 heteroatoms. The maximum atomic E-state index is 13.1. The first-order valence-corrected chi connectivity index (χ1v) is 17.1. The Bertz CT molecular complexity index is 1850. The van der Waals surface area contributed by atoms with E-state index in [1.54, 1.807) is 43.8 Å². The highest BCUT2D eigenvalue weighted by Gasteiger charge is 2.25. The average molecular weight is 713 g/mol. The maximum absolute atomic E-state index is 13.1. The van der Waals surface area contributed by atoms with Gasteiger partial charge >= 0.3 is 12.1 Å². The summed E-state index contributed by atoms with van der Waals surface area (Å²) in [6.07, 6.45) is 1.25. The number of aromatic nitrogens is 3. The summed E-state index contributed by atoms with van der Waals surface area (Å²) in [4.78, 5) is 56.9. The first-order valence-electron chi connectivity index (χ1n) is 17.1. The second-order valence-electron chi connectivity index (χ2n) is 13.4. The van der Waals surface area contributed by atoms with Crippen LogP contribution in [-0.2, 0) is 30.5 Å². The molecule has 0 unspecified atom stereocenters. The van der Waals surface area contributed by atoms with E-state index in [9.17, 15) is 19.2 Å². The van der Waals surface area contributed by atoms with E-state index >= 15 is 0 Å². The van der Waals surface area contributed by atoms with Crippen LogP contribution in [0.2, 0.25) is 0 Å². The number of nitrogens with zero attached hydrogens (tertiary/aromatic N) is 4. The summed E-state index contributed by atoms with van der Waals surface area (Å²) in [7, 11) is 1.28. The van der Waals surface area contributed by atoms with Crippen molar-refractivity contribution in [2.24, 2.45) is 0 Å². The molecule has 276 valence electrons. The molecule has 4 aromatic rings. The molecule has 0 bridgehead atoms. The van der Waals surface area contributed by atoms with E-state index in [-0.39, 0.29) is 31.8 Å². The van der Waals surface area contributed by atoms with Crippen molar-refractivity contribution in [2.75, 3.05) is 25.1 Å². The normalized spacial score (nSPS) is 11.7. The van der Waals surface area contributed by atoms with Gasteiger partial charge in [-0.05, 0) is 88.9 Å². The van der Waals surface area contributed by atoms with E-state index in [0.717, 1.165) is 22.5 Å². The number of carbonyl (C=O) groups is 4. The number of anilines is 1. The quantitative estimate of drug-likeness (QED) is 0.145. The minimum absolute atomic E-state index is 0.0473. The van der Waals surface area contributed by atoms with Crippen LogP contribution in [0.3, 0.4) is 0 Å². The largest absolute Gasteiger partial charge is 0.485 e. The summed E-state index contributed by atoms with van der Waals surface area (Å²) < 4.78 is 18.4. The van der Waals surface area contributed by atoms with Crippen LogP contribution in [0.15, 0.2) is 72.9 Å². The summed E-state index contributed by atoms with van der Waals surface area (Å²) in [5.41, 5.74) is 4.12. The van der Waals surface area contributed by atoms with Crippen molar-refractivity contribution in [3.63, 3.8) is 0 Å². The van der Waals surface area contributed by atoms with Gasteiger partial charge in [-0.3, -0.25) is 19.3 Å². The van der Waals surface area contributed by atoms with E-state index < -0.39 is 29.6 Å². The van der Waals surface area contributed by atoms with E-state index in [1.165, 1.54) is 12.0 Å². The van der Waals surface area contributed by atoms with Crippen molar-refractivity contribution in [3.05, 3.63) is 101 Å². The molecule has 52 heavy (non-hydrogen) atoms. The molecule has 0 fully saturated rings. The van der Waals surface area contributed by atoms with E-state index in [0.29, 0.717) is 35.8 Å². The Morgan fingerprint density at radius 2 is 1.69 bits per heavy atom. The molecule has 4 rings (SSSR count). The number of esters is 1. The van der Waals surface area contributed by atoms with Crippen molar-refractivity contribution in [3.8, 4) is 11.4 Å². The Kier molecular flexibility index (Phi) is 13.5. The number of nitrogens with one attached hydrogen (secondary N) is 2. The lowest BCUT2D eigenvalue weighted by atomic mass is 10.0. The number of aryl methyl sites for hydroxylation is 2. The van der Waals surface area contributed by atoms with Gasteiger partial charge in [-0.25, -0.2) is 14.5 Å². The molecule has 3 amide bonds. The Morgan fingerprint density at radius 1 is 0.942 bits per heavy atom. The first kappa shape index (κ1) is 39.1. The van der Waals surface area contributed by atoms with Crippen molar-refractivity contribution in [1.82, 2.24) is 25.4 Å². The van der Waals surface area contributed by atoms with Crippen LogP contribution >= 0.6 is 0 Å². The standard InChI is InChI=1S/C39H48N6O7/c1-26-18-19-40-33(21-26)44(38(49)52-39(4,5)6)20-12-17-34(46)41-24-35(47)42-32(23-36(48)50-7)30-15-11-16-31(22-30)45-28(3)37(27(2)43-45)51-25-29-13-9-8-10-14-29/h8-11,13-16,18-19,21-22,32H,12,17,20,23-25H2,1-7H3,(H,41,46)(H,42,47)/t32-/m0/s1. The van der Waals surface area contributed by atoms with Crippen molar-refractivity contribution in [1.29, 1.82) is 0 Å². The Morgan fingerprint density at radius 3 is 2.38 bits per heavy atom. The predicted octanol–water partition coefficient (Wildman–Crippen LogP) is 5.83. The lowest BCUT2D eigenvalue weighted by Gasteiger charge is -2.27. The second-order valence-corrected chi connectivity index (χ2v) is 13.4. The first-order chi connectivity index (χ1) is 24.7. The lowest BCUT2D eigenvalue weighted by Crippen LogP contribution is -2.40. The smallest absolute Gasteiger partial charge is 0.416 e. The van der Waals surface area contributed by atoms with Gasteiger partial charge in [0.15, 0.2) is 5.75 Å². The molecule has 0 saturated heterocycles. The van der Waals surface area contributed by atoms with Crippen molar-refractivity contribution >= 4 is 29.7 Å². The summed E-state index contributed by atoms with van der Waals surface area (Å²) in [5.74, 6) is -0.286.